The van der Waals surface area contributed by atoms with Gasteiger partial charge in [0.15, 0.2) is 0 Å². The summed E-state index contributed by atoms with van der Waals surface area (Å²) in [4.78, 5) is 2.35. The molecule has 0 aromatic heterocycles. The maximum absolute atomic E-state index is 13.3. The summed E-state index contributed by atoms with van der Waals surface area (Å²) in [5, 5.41) is 0.173. The predicted octanol–water partition coefficient (Wildman–Crippen LogP) is 3.99. The fourth-order valence-electron chi connectivity index (χ4n) is 3.28. The fraction of sp³-hybridized carbons (Fsp3) is 0.625. The number of benzene rings is 1. The Labute approximate surface area is 126 Å². The van der Waals surface area contributed by atoms with Crippen LogP contribution in [0.5, 0.6) is 0 Å². The molecule has 1 fully saturated rings. The lowest BCUT2D eigenvalue weighted by Gasteiger charge is -2.39. The summed E-state index contributed by atoms with van der Waals surface area (Å²) in [6, 6.07) is 5.58. The molecule has 1 aromatic carbocycles. The highest BCUT2D eigenvalue weighted by atomic mass is 35.5. The van der Waals surface area contributed by atoms with Gasteiger partial charge in [-0.1, -0.05) is 37.4 Å². The van der Waals surface area contributed by atoms with Gasteiger partial charge in [-0.15, -0.1) is 0 Å². The van der Waals surface area contributed by atoms with Gasteiger partial charge in [-0.3, -0.25) is 4.90 Å². The normalized spacial score (nSPS) is 24.9. The van der Waals surface area contributed by atoms with Crippen LogP contribution in [0.3, 0.4) is 0 Å². The highest BCUT2D eigenvalue weighted by molar-refractivity contribution is 6.30. The lowest BCUT2D eigenvalue weighted by molar-refractivity contribution is 0.121. The largest absolute Gasteiger partial charge is 0.329 e. The van der Waals surface area contributed by atoms with Crippen LogP contribution in [-0.2, 0) is 0 Å². The summed E-state index contributed by atoms with van der Waals surface area (Å²) in [5.74, 6) is 0.395. The first-order chi connectivity index (χ1) is 9.52. The van der Waals surface area contributed by atoms with Gasteiger partial charge in [-0.2, -0.15) is 0 Å². The SMILES string of the molecule is CC1CCCC(N(C)C(CN)c2ccc(F)c(Cl)c2)C1. The maximum Gasteiger partial charge on any atom is 0.141 e. The zero-order valence-electron chi connectivity index (χ0n) is 12.3. The van der Waals surface area contributed by atoms with Crippen molar-refractivity contribution in [3.8, 4) is 0 Å². The summed E-state index contributed by atoms with van der Waals surface area (Å²) < 4.78 is 13.3. The molecule has 0 saturated heterocycles. The minimum absolute atomic E-state index is 0.100. The van der Waals surface area contributed by atoms with Gasteiger partial charge in [0.2, 0.25) is 0 Å². The smallest absolute Gasteiger partial charge is 0.141 e. The molecular formula is C16H24ClFN2. The van der Waals surface area contributed by atoms with Crippen molar-refractivity contribution in [3.63, 3.8) is 0 Å². The van der Waals surface area contributed by atoms with Crippen LogP contribution in [0.2, 0.25) is 5.02 Å². The molecule has 0 bridgehead atoms. The van der Waals surface area contributed by atoms with Crippen LogP contribution in [0.1, 0.15) is 44.2 Å². The Kier molecular flexibility index (Phi) is 5.42. The number of nitrogens with zero attached hydrogens (tertiary/aromatic N) is 1. The molecule has 2 N–H and O–H groups in total. The third-order valence-corrected chi connectivity index (χ3v) is 4.82. The van der Waals surface area contributed by atoms with Crippen LogP contribution < -0.4 is 5.73 Å². The first-order valence-electron chi connectivity index (χ1n) is 7.40. The van der Waals surface area contributed by atoms with Crippen LogP contribution in [0.4, 0.5) is 4.39 Å². The van der Waals surface area contributed by atoms with Crippen LogP contribution in [0.25, 0.3) is 0 Å². The molecule has 2 nitrogen and oxygen atoms in total. The predicted molar refractivity (Wildman–Crippen MR) is 82.4 cm³/mol. The van der Waals surface area contributed by atoms with Crippen molar-refractivity contribution in [2.45, 2.75) is 44.7 Å². The molecule has 0 amide bonds. The van der Waals surface area contributed by atoms with Gasteiger partial charge in [-0.25, -0.2) is 4.39 Å². The highest BCUT2D eigenvalue weighted by Gasteiger charge is 2.27. The molecule has 3 unspecified atom stereocenters. The second-order valence-corrected chi connectivity index (χ2v) is 6.42. The molecule has 1 aromatic rings. The monoisotopic (exact) mass is 298 g/mol. The Morgan fingerprint density at radius 1 is 1.45 bits per heavy atom. The van der Waals surface area contributed by atoms with Crippen LogP contribution in [0.15, 0.2) is 18.2 Å². The summed E-state index contributed by atoms with van der Waals surface area (Å²) in [5.41, 5.74) is 6.96. The van der Waals surface area contributed by atoms with Crippen molar-refractivity contribution in [3.05, 3.63) is 34.6 Å². The lowest BCUT2D eigenvalue weighted by atomic mass is 9.85. The maximum atomic E-state index is 13.3. The van der Waals surface area contributed by atoms with Crippen molar-refractivity contribution in [2.75, 3.05) is 13.6 Å². The van der Waals surface area contributed by atoms with Gasteiger partial charge < -0.3 is 5.73 Å². The van der Waals surface area contributed by atoms with E-state index in [4.69, 9.17) is 17.3 Å². The zero-order chi connectivity index (χ0) is 14.7. The molecule has 0 radical (unpaired) electrons. The number of halogens is 2. The van der Waals surface area contributed by atoms with E-state index in [-0.39, 0.29) is 16.9 Å². The quantitative estimate of drug-likeness (QED) is 0.911. The fourth-order valence-corrected chi connectivity index (χ4v) is 3.47. The molecule has 1 aliphatic carbocycles. The Bertz CT molecular complexity index is 452. The van der Waals surface area contributed by atoms with E-state index in [1.54, 1.807) is 12.1 Å². The van der Waals surface area contributed by atoms with E-state index in [0.717, 1.165) is 11.5 Å². The third-order valence-electron chi connectivity index (χ3n) is 4.53. The first-order valence-corrected chi connectivity index (χ1v) is 7.77. The zero-order valence-corrected chi connectivity index (χ0v) is 13.0. The molecule has 0 aliphatic heterocycles. The van der Waals surface area contributed by atoms with Crippen molar-refractivity contribution in [1.29, 1.82) is 0 Å². The molecule has 20 heavy (non-hydrogen) atoms. The van der Waals surface area contributed by atoms with Gasteiger partial charge in [-0.05, 0) is 43.5 Å². The van der Waals surface area contributed by atoms with Gasteiger partial charge in [0.25, 0.3) is 0 Å². The average molecular weight is 299 g/mol. The van der Waals surface area contributed by atoms with E-state index in [0.29, 0.717) is 12.6 Å². The topological polar surface area (TPSA) is 29.3 Å². The summed E-state index contributed by atoms with van der Waals surface area (Å²) in [6.07, 6.45) is 5.02. The van der Waals surface area contributed by atoms with Crippen LogP contribution >= 0.6 is 11.6 Å². The van der Waals surface area contributed by atoms with Gasteiger partial charge in [0.1, 0.15) is 5.82 Å². The van der Waals surface area contributed by atoms with Gasteiger partial charge in [0.05, 0.1) is 5.02 Å². The van der Waals surface area contributed by atoms with E-state index < -0.39 is 0 Å². The number of hydrogen-bond acceptors (Lipinski definition) is 2. The minimum Gasteiger partial charge on any atom is -0.329 e. The van der Waals surface area contributed by atoms with Crippen LogP contribution in [-0.4, -0.2) is 24.5 Å². The molecular weight excluding hydrogens is 275 g/mol. The van der Waals surface area contributed by atoms with Crippen molar-refractivity contribution >= 4 is 11.6 Å². The molecule has 112 valence electrons. The van der Waals surface area contributed by atoms with E-state index >= 15 is 0 Å². The standard InChI is InChI=1S/C16H24ClFN2/c1-11-4-3-5-13(8-11)20(2)16(10-19)12-6-7-15(18)14(17)9-12/h6-7,9,11,13,16H,3-5,8,10,19H2,1-2H3. The van der Waals surface area contributed by atoms with E-state index in [1.807, 2.05) is 0 Å². The Morgan fingerprint density at radius 3 is 2.80 bits per heavy atom. The van der Waals surface area contributed by atoms with Gasteiger partial charge in [0, 0.05) is 18.6 Å². The Morgan fingerprint density at radius 2 is 2.20 bits per heavy atom. The molecule has 0 heterocycles. The molecule has 4 heteroatoms. The number of hydrogen-bond donors (Lipinski definition) is 1. The molecule has 1 saturated carbocycles. The average Bonchev–Trinajstić information content (AvgIpc) is 2.43. The summed E-state index contributed by atoms with van der Waals surface area (Å²) in [7, 11) is 2.12. The Balaban J connectivity index is 2.15. The second-order valence-electron chi connectivity index (χ2n) is 6.02. The number of nitrogens with two attached hydrogens (primary N) is 1. The van der Waals surface area contributed by atoms with E-state index in [9.17, 15) is 4.39 Å². The van der Waals surface area contributed by atoms with Crippen molar-refractivity contribution in [2.24, 2.45) is 11.7 Å². The van der Waals surface area contributed by atoms with Crippen molar-refractivity contribution in [1.82, 2.24) is 4.90 Å². The number of likely N-dealkylation sites (N-methyl/N-ethyl adjacent to an activating group) is 1. The number of rotatable bonds is 4. The van der Waals surface area contributed by atoms with Crippen LogP contribution in [0, 0.1) is 11.7 Å². The van der Waals surface area contributed by atoms with Gasteiger partial charge >= 0.3 is 0 Å². The minimum atomic E-state index is -0.375. The lowest BCUT2D eigenvalue weighted by Crippen LogP contribution is -2.41. The first kappa shape index (κ1) is 15.7. The van der Waals surface area contributed by atoms with Crippen molar-refractivity contribution < 1.29 is 4.39 Å². The Hall–Kier alpha value is -0.640. The molecule has 1 aliphatic rings. The molecule has 3 atom stereocenters. The third kappa shape index (κ3) is 3.51. The van der Waals surface area contributed by atoms with E-state index in [1.165, 1.54) is 31.7 Å². The van der Waals surface area contributed by atoms with E-state index in [2.05, 4.69) is 18.9 Å². The molecule has 2 rings (SSSR count). The highest BCUT2D eigenvalue weighted by Crippen LogP contribution is 2.32. The summed E-state index contributed by atoms with van der Waals surface area (Å²) in [6.45, 7) is 2.83. The molecule has 0 spiro atoms. The summed E-state index contributed by atoms with van der Waals surface area (Å²) >= 11 is 5.89. The second kappa shape index (κ2) is 6.88.